The van der Waals surface area contributed by atoms with E-state index >= 15 is 0 Å². The van der Waals surface area contributed by atoms with Crippen LogP contribution in [0.5, 0.6) is 0 Å². The van der Waals surface area contributed by atoms with Crippen molar-refractivity contribution in [3.8, 4) is 0 Å². The van der Waals surface area contributed by atoms with E-state index in [1.807, 2.05) is 23.0 Å². The van der Waals surface area contributed by atoms with Gasteiger partial charge in [0.25, 0.3) is 0 Å². The van der Waals surface area contributed by atoms with Crippen molar-refractivity contribution in [2.75, 3.05) is 0 Å². The van der Waals surface area contributed by atoms with E-state index in [0.717, 1.165) is 17.6 Å². The third-order valence-electron chi connectivity index (χ3n) is 2.12. The predicted molar refractivity (Wildman–Crippen MR) is 51.6 cm³/mol. The molecule has 3 nitrogen and oxygen atoms in total. The number of hydrogen-bond donors (Lipinski definition) is 0. The number of aromatic nitrogens is 3. The fourth-order valence-electron chi connectivity index (χ4n) is 1.35. The Labute approximate surface area is 77.4 Å². The lowest BCUT2D eigenvalue weighted by atomic mass is 10.2. The zero-order valence-corrected chi connectivity index (χ0v) is 7.77. The lowest BCUT2D eigenvalue weighted by Gasteiger charge is -1.99. The van der Waals surface area contributed by atoms with Gasteiger partial charge in [0.05, 0.1) is 29.8 Å². The van der Waals surface area contributed by atoms with Crippen molar-refractivity contribution < 1.29 is 0 Å². The van der Waals surface area contributed by atoms with Crippen LogP contribution in [0.3, 0.4) is 0 Å². The fourth-order valence-corrected chi connectivity index (χ4v) is 1.35. The number of unbranched alkanes of at least 4 members (excludes halogenated alkanes) is 1. The van der Waals surface area contributed by atoms with Crippen LogP contribution in [0.25, 0.3) is 5.52 Å². The van der Waals surface area contributed by atoms with Crippen LogP contribution in [-0.2, 0) is 6.42 Å². The molecule has 0 spiro atoms. The summed E-state index contributed by atoms with van der Waals surface area (Å²) in [4.78, 5) is 4.36. The first-order valence-corrected chi connectivity index (χ1v) is 4.68. The Morgan fingerprint density at radius 1 is 1.46 bits per heavy atom. The Morgan fingerprint density at radius 3 is 3.23 bits per heavy atom. The molecule has 0 bridgehead atoms. The van der Waals surface area contributed by atoms with Gasteiger partial charge in [-0.05, 0) is 18.9 Å². The van der Waals surface area contributed by atoms with Crippen molar-refractivity contribution in [1.29, 1.82) is 0 Å². The molecule has 2 heterocycles. The molecular weight excluding hydrogens is 162 g/mol. The van der Waals surface area contributed by atoms with Crippen molar-refractivity contribution >= 4 is 5.52 Å². The maximum atomic E-state index is 4.36. The summed E-state index contributed by atoms with van der Waals surface area (Å²) < 4.78 is 1.87. The average Bonchev–Trinajstić information content (AvgIpc) is 2.61. The van der Waals surface area contributed by atoms with Gasteiger partial charge >= 0.3 is 0 Å². The summed E-state index contributed by atoms with van der Waals surface area (Å²) >= 11 is 0. The minimum atomic E-state index is 1.05. The van der Waals surface area contributed by atoms with Crippen molar-refractivity contribution in [3.05, 3.63) is 30.4 Å². The Morgan fingerprint density at radius 2 is 2.38 bits per heavy atom. The SMILES string of the molecule is CCCCc1cn2nccc2cn1. The number of aryl methyl sites for hydroxylation is 1. The first kappa shape index (κ1) is 8.23. The number of rotatable bonds is 3. The minimum absolute atomic E-state index is 1.05. The van der Waals surface area contributed by atoms with Crippen LogP contribution in [-0.4, -0.2) is 14.6 Å². The van der Waals surface area contributed by atoms with Crippen LogP contribution in [0.4, 0.5) is 0 Å². The van der Waals surface area contributed by atoms with Crippen LogP contribution in [0, 0.1) is 0 Å². The molecule has 0 fully saturated rings. The summed E-state index contributed by atoms with van der Waals surface area (Å²) in [6, 6.07) is 1.95. The monoisotopic (exact) mass is 175 g/mol. The van der Waals surface area contributed by atoms with E-state index in [1.165, 1.54) is 12.8 Å². The molecule has 0 aliphatic carbocycles. The third-order valence-corrected chi connectivity index (χ3v) is 2.12. The number of nitrogens with zero attached hydrogens (tertiary/aromatic N) is 3. The molecule has 2 aromatic rings. The van der Waals surface area contributed by atoms with Gasteiger partial charge in [0.2, 0.25) is 0 Å². The lowest BCUT2D eigenvalue weighted by molar-refractivity contribution is 0.764. The van der Waals surface area contributed by atoms with Crippen molar-refractivity contribution in [2.45, 2.75) is 26.2 Å². The molecule has 3 heteroatoms. The standard InChI is InChI=1S/C10H13N3/c1-2-3-4-9-8-13-10(7-11-9)5-6-12-13/h5-8H,2-4H2,1H3. The molecule has 0 aliphatic rings. The lowest BCUT2D eigenvalue weighted by Crippen LogP contribution is -1.95. The Balaban J connectivity index is 2.26. The predicted octanol–water partition coefficient (Wildman–Crippen LogP) is 2.07. The van der Waals surface area contributed by atoms with E-state index in [-0.39, 0.29) is 0 Å². The van der Waals surface area contributed by atoms with Gasteiger partial charge in [-0.15, -0.1) is 0 Å². The molecule has 0 unspecified atom stereocenters. The van der Waals surface area contributed by atoms with E-state index < -0.39 is 0 Å². The largest absolute Gasteiger partial charge is 0.257 e. The summed E-state index contributed by atoms with van der Waals surface area (Å²) in [5.41, 5.74) is 2.18. The van der Waals surface area contributed by atoms with E-state index in [0.29, 0.717) is 0 Å². The summed E-state index contributed by atoms with van der Waals surface area (Å²) in [7, 11) is 0. The molecule has 0 aromatic carbocycles. The van der Waals surface area contributed by atoms with Crippen molar-refractivity contribution in [1.82, 2.24) is 14.6 Å². The molecule has 0 N–H and O–H groups in total. The van der Waals surface area contributed by atoms with Crippen molar-refractivity contribution in [2.24, 2.45) is 0 Å². The van der Waals surface area contributed by atoms with Gasteiger partial charge in [-0.25, -0.2) is 4.52 Å². The molecule has 0 saturated heterocycles. The van der Waals surface area contributed by atoms with Gasteiger partial charge < -0.3 is 0 Å². The summed E-state index contributed by atoms with van der Waals surface area (Å²) in [5.74, 6) is 0. The summed E-state index contributed by atoms with van der Waals surface area (Å²) in [6.07, 6.45) is 9.12. The van der Waals surface area contributed by atoms with Crippen LogP contribution in [0.1, 0.15) is 25.5 Å². The van der Waals surface area contributed by atoms with E-state index in [4.69, 9.17) is 0 Å². The van der Waals surface area contributed by atoms with E-state index in [1.54, 1.807) is 6.20 Å². The molecule has 2 aromatic heterocycles. The second-order valence-corrected chi connectivity index (χ2v) is 3.18. The van der Waals surface area contributed by atoms with Crippen LogP contribution >= 0.6 is 0 Å². The second kappa shape index (κ2) is 3.56. The smallest absolute Gasteiger partial charge is 0.0845 e. The van der Waals surface area contributed by atoms with Crippen molar-refractivity contribution in [3.63, 3.8) is 0 Å². The Bertz CT molecular complexity index is 392. The van der Waals surface area contributed by atoms with Crippen LogP contribution < -0.4 is 0 Å². The van der Waals surface area contributed by atoms with E-state index in [9.17, 15) is 0 Å². The normalized spacial score (nSPS) is 10.8. The maximum absolute atomic E-state index is 4.36. The number of fused-ring (bicyclic) bond motifs is 1. The zero-order chi connectivity index (χ0) is 9.10. The average molecular weight is 175 g/mol. The molecule has 68 valence electrons. The van der Waals surface area contributed by atoms with Crippen LogP contribution in [0.15, 0.2) is 24.7 Å². The van der Waals surface area contributed by atoms with E-state index in [2.05, 4.69) is 17.0 Å². The van der Waals surface area contributed by atoms with Gasteiger partial charge in [-0.3, -0.25) is 4.98 Å². The summed E-state index contributed by atoms with van der Waals surface area (Å²) in [6.45, 7) is 2.19. The molecule has 0 aliphatic heterocycles. The zero-order valence-electron chi connectivity index (χ0n) is 7.77. The second-order valence-electron chi connectivity index (χ2n) is 3.18. The molecule has 0 atom stereocenters. The third kappa shape index (κ3) is 1.69. The fraction of sp³-hybridized carbons (Fsp3) is 0.400. The highest BCUT2D eigenvalue weighted by molar-refractivity contribution is 5.42. The maximum Gasteiger partial charge on any atom is 0.0845 e. The minimum Gasteiger partial charge on any atom is -0.257 e. The first-order valence-electron chi connectivity index (χ1n) is 4.68. The molecule has 0 saturated carbocycles. The highest BCUT2D eigenvalue weighted by atomic mass is 15.2. The van der Waals surface area contributed by atoms with Gasteiger partial charge in [-0.2, -0.15) is 5.10 Å². The van der Waals surface area contributed by atoms with Crippen LogP contribution in [0.2, 0.25) is 0 Å². The van der Waals surface area contributed by atoms with Gasteiger partial charge in [0.15, 0.2) is 0 Å². The quantitative estimate of drug-likeness (QED) is 0.714. The van der Waals surface area contributed by atoms with Gasteiger partial charge in [0.1, 0.15) is 0 Å². The molecule has 0 radical (unpaired) electrons. The summed E-state index contributed by atoms with van der Waals surface area (Å²) in [5, 5.41) is 4.16. The Hall–Kier alpha value is -1.38. The van der Waals surface area contributed by atoms with Gasteiger partial charge in [-0.1, -0.05) is 13.3 Å². The molecule has 13 heavy (non-hydrogen) atoms. The highest BCUT2D eigenvalue weighted by Crippen LogP contribution is 2.04. The molecule has 2 rings (SSSR count). The molecule has 0 amide bonds. The van der Waals surface area contributed by atoms with Gasteiger partial charge in [0, 0.05) is 0 Å². The first-order chi connectivity index (χ1) is 6.40. The molecular formula is C10H13N3. The highest BCUT2D eigenvalue weighted by Gasteiger charge is 1.97. The number of hydrogen-bond acceptors (Lipinski definition) is 2. The topological polar surface area (TPSA) is 30.2 Å². The Kier molecular flexibility index (Phi) is 2.25.